The summed E-state index contributed by atoms with van der Waals surface area (Å²) >= 11 is 0. The molecule has 96 valence electrons. The number of nitrogens with zero attached hydrogens (tertiary/aromatic N) is 2. The van der Waals surface area contributed by atoms with E-state index in [-0.39, 0.29) is 5.41 Å². The summed E-state index contributed by atoms with van der Waals surface area (Å²) < 4.78 is 0. The Morgan fingerprint density at radius 3 is 2.12 bits per heavy atom. The summed E-state index contributed by atoms with van der Waals surface area (Å²) in [6.45, 7) is 12.5. The SMILES string of the molecule is CCC(C)(CO)CN1CC(C)N(C)C(C)C1. The van der Waals surface area contributed by atoms with E-state index < -0.39 is 0 Å². The first kappa shape index (κ1) is 13.9. The molecule has 3 heteroatoms. The van der Waals surface area contributed by atoms with Gasteiger partial charge in [-0.15, -0.1) is 0 Å². The van der Waals surface area contributed by atoms with Crippen molar-refractivity contribution in [1.82, 2.24) is 9.80 Å². The van der Waals surface area contributed by atoms with Crippen LogP contribution in [-0.2, 0) is 0 Å². The zero-order valence-electron chi connectivity index (χ0n) is 11.5. The molecule has 1 aliphatic heterocycles. The van der Waals surface area contributed by atoms with Gasteiger partial charge in [0.2, 0.25) is 0 Å². The summed E-state index contributed by atoms with van der Waals surface area (Å²) in [5.41, 5.74) is 0.0648. The molecule has 0 aromatic rings. The van der Waals surface area contributed by atoms with Crippen molar-refractivity contribution in [2.24, 2.45) is 5.41 Å². The zero-order chi connectivity index (χ0) is 12.3. The summed E-state index contributed by atoms with van der Waals surface area (Å²) in [4.78, 5) is 4.95. The van der Waals surface area contributed by atoms with Gasteiger partial charge < -0.3 is 5.11 Å². The van der Waals surface area contributed by atoms with Crippen LogP contribution in [0.15, 0.2) is 0 Å². The zero-order valence-corrected chi connectivity index (χ0v) is 11.5. The summed E-state index contributed by atoms with van der Waals surface area (Å²) in [6.07, 6.45) is 1.04. The van der Waals surface area contributed by atoms with E-state index in [9.17, 15) is 5.11 Å². The molecule has 0 spiro atoms. The third-order valence-corrected chi connectivity index (χ3v) is 4.28. The normalized spacial score (nSPS) is 32.6. The van der Waals surface area contributed by atoms with Crippen LogP contribution in [0.5, 0.6) is 0 Å². The fourth-order valence-electron chi connectivity index (χ4n) is 2.46. The van der Waals surface area contributed by atoms with E-state index in [4.69, 9.17) is 0 Å². The Labute approximate surface area is 100 Å². The van der Waals surface area contributed by atoms with Crippen molar-refractivity contribution >= 4 is 0 Å². The highest BCUT2D eigenvalue weighted by atomic mass is 16.3. The lowest BCUT2D eigenvalue weighted by atomic mass is 9.87. The van der Waals surface area contributed by atoms with E-state index in [0.717, 1.165) is 26.1 Å². The number of aliphatic hydroxyl groups excluding tert-OH is 1. The first-order valence-corrected chi connectivity index (χ1v) is 6.47. The Morgan fingerprint density at radius 1 is 1.25 bits per heavy atom. The average molecular weight is 228 g/mol. The molecule has 0 saturated carbocycles. The minimum Gasteiger partial charge on any atom is -0.396 e. The number of aliphatic hydroxyl groups is 1. The van der Waals surface area contributed by atoms with Gasteiger partial charge >= 0.3 is 0 Å². The lowest BCUT2D eigenvalue weighted by molar-refractivity contribution is 0.0168. The predicted octanol–water partition coefficient (Wildman–Crippen LogP) is 1.42. The first-order chi connectivity index (χ1) is 7.41. The Morgan fingerprint density at radius 2 is 1.75 bits per heavy atom. The fraction of sp³-hybridized carbons (Fsp3) is 1.00. The molecule has 3 unspecified atom stereocenters. The average Bonchev–Trinajstić information content (AvgIpc) is 2.25. The van der Waals surface area contributed by atoms with Gasteiger partial charge in [-0.2, -0.15) is 0 Å². The van der Waals surface area contributed by atoms with Gasteiger partial charge in [-0.25, -0.2) is 0 Å². The number of hydrogen-bond acceptors (Lipinski definition) is 3. The molecular weight excluding hydrogens is 200 g/mol. The van der Waals surface area contributed by atoms with Crippen LogP contribution in [0.25, 0.3) is 0 Å². The monoisotopic (exact) mass is 228 g/mol. The van der Waals surface area contributed by atoms with Gasteiger partial charge in [0.15, 0.2) is 0 Å². The first-order valence-electron chi connectivity index (χ1n) is 6.47. The number of rotatable bonds is 4. The van der Waals surface area contributed by atoms with Crippen molar-refractivity contribution < 1.29 is 5.11 Å². The molecule has 1 heterocycles. The smallest absolute Gasteiger partial charge is 0.0496 e. The van der Waals surface area contributed by atoms with E-state index in [1.165, 1.54) is 0 Å². The second-order valence-corrected chi connectivity index (χ2v) is 5.88. The Kier molecular flexibility index (Phi) is 4.77. The van der Waals surface area contributed by atoms with Gasteiger partial charge in [0.1, 0.15) is 0 Å². The number of hydrogen-bond donors (Lipinski definition) is 1. The Balaban J connectivity index is 2.56. The molecule has 3 nitrogen and oxygen atoms in total. The fourth-order valence-corrected chi connectivity index (χ4v) is 2.46. The van der Waals surface area contributed by atoms with Crippen LogP contribution in [0.3, 0.4) is 0 Å². The highest BCUT2D eigenvalue weighted by Gasteiger charge is 2.31. The van der Waals surface area contributed by atoms with Crippen LogP contribution in [0.2, 0.25) is 0 Å². The number of piperazine rings is 1. The van der Waals surface area contributed by atoms with Crippen molar-refractivity contribution in [3.63, 3.8) is 0 Å². The molecule has 0 aromatic heterocycles. The quantitative estimate of drug-likeness (QED) is 0.788. The third kappa shape index (κ3) is 3.19. The Hall–Kier alpha value is -0.120. The van der Waals surface area contributed by atoms with Crippen LogP contribution >= 0.6 is 0 Å². The van der Waals surface area contributed by atoms with E-state index in [2.05, 4.69) is 44.5 Å². The van der Waals surface area contributed by atoms with Crippen LogP contribution in [0, 0.1) is 5.41 Å². The van der Waals surface area contributed by atoms with Gasteiger partial charge in [0, 0.05) is 43.7 Å². The molecule has 0 aliphatic carbocycles. The molecule has 1 fully saturated rings. The highest BCUT2D eigenvalue weighted by molar-refractivity contribution is 4.86. The van der Waals surface area contributed by atoms with Crippen molar-refractivity contribution in [3.05, 3.63) is 0 Å². The maximum Gasteiger partial charge on any atom is 0.0496 e. The van der Waals surface area contributed by atoms with Gasteiger partial charge in [-0.05, 0) is 27.3 Å². The maximum atomic E-state index is 9.46. The predicted molar refractivity (Wildman–Crippen MR) is 68.6 cm³/mol. The van der Waals surface area contributed by atoms with Crippen LogP contribution in [0.1, 0.15) is 34.1 Å². The van der Waals surface area contributed by atoms with Gasteiger partial charge in [-0.3, -0.25) is 9.80 Å². The second-order valence-electron chi connectivity index (χ2n) is 5.88. The van der Waals surface area contributed by atoms with Crippen molar-refractivity contribution in [3.8, 4) is 0 Å². The van der Waals surface area contributed by atoms with E-state index >= 15 is 0 Å². The van der Waals surface area contributed by atoms with Crippen LogP contribution in [-0.4, -0.2) is 60.3 Å². The minimum atomic E-state index is 0.0648. The van der Waals surface area contributed by atoms with Gasteiger partial charge in [0.25, 0.3) is 0 Å². The van der Waals surface area contributed by atoms with Crippen molar-refractivity contribution in [1.29, 1.82) is 0 Å². The standard InChI is InChI=1S/C13H28N2O/c1-6-13(4,10-16)9-15-7-11(2)14(5)12(3)8-15/h11-12,16H,6-10H2,1-5H3. The minimum absolute atomic E-state index is 0.0648. The summed E-state index contributed by atoms with van der Waals surface area (Å²) in [7, 11) is 2.21. The Bertz CT molecular complexity index is 204. The van der Waals surface area contributed by atoms with E-state index in [0.29, 0.717) is 18.7 Å². The van der Waals surface area contributed by atoms with Gasteiger partial charge in [-0.1, -0.05) is 13.8 Å². The molecule has 1 aliphatic rings. The maximum absolute atomic E-state index is 9.46. The van der Waals surface area contributed by atoms with Crippen molar-refractivity contribution in [2.75, 3.05) is 33.3 Å². The van der Waals surface area contributed by atoms with Crippen LogP contribution < -0.4 is 0 Å². The molecular formula is C13H28N2O. The topological polar surface area (TPSA) is 26.7 Å². The third-order valence-electron chi connectivity index (χ3n) is 4.28. The molecule has 1 N–H and O–H groups in total. The van der Waals surface area contributed by atoms with Crippen LogP contribution in [0.4, 0.5) is 0 Å². The molecule has 16 heavy (non-hydrogen) atoms. The summed E-state index contributed by atoms with van der Waals surface area (Å²) in [5, 5.41) is 9.46. The molecule has 3 atom stereocenters. The van der Waals surface area contributed by atoms with E-state index in [1.807, 2.05) is 0 Å². The molecule has 1 rings (SSSR count). The molecule has 0 amide bonds. The summed E-state index contributed by atoms with van der Waals surface area (Å²) in [5.74, 6) is 0. The van der Waals surface area contributed by atoms with E-state index in [1.54, 1.807) is 0 Å². The molecule has 0 radical (unpaired) electrons. The molecule has 0 aromatic carbocycles. The van der Waals surface area contributed by atoms with Crippen molar-refractivity contribution in [2.45, 2.75) is 46.2 Å². The molecule has 0 bridgehead atoms. The number of likely N-dealkylation sites (N-methyl/N-ethyl adjacent to an activating group) is 1. The second kappa shape index (κ2) is 5.48. The summed E-state index contributed by atoms with van der Waals surface area (Å²) in [6, 6.07) is 1.23. The molecule has 1 saturated heterocycles. The largest absolute Gasteiger partial charge is 0.396 e. The lowest BCUT2D eigenvalue weighted by Crippen LogP contribution is -2.56. The highest BCUT2D eigenvalue weighted by Crippen LogP contribution is 2.24. The van der Waals surface area contributed by atoms with Gasteiger partial charge in [0.05, 0.1) is 0 Å². The lowest BCUT2D eigenvalue weighted by Gasteiger charge is -2.45.